The van der Waals surface area contributed by atoms with Crippen LogP contribution in [-0.2, 0) is 30.3 Å². The summed E-state index contributed by atoms with van der Waals surface area (Å²) in [6, 6.07) is 5.51. The molecule has 2 aliphatic rings. The second kappa shape index (κ2) is 11.9. The van der Waals surface area contributed by atoms with E-state index in [-0.39, 0.29) is 17.7 Å². The minimum absolute atomic E-state index is 0.200. The number of carbonyl (C=O) groups is 4. The third-order valence-electron chi connectivity index (χ3n) is 7.89. The quantitative estimate of drug-likeness (QED) is 0.465. The van der Waals surface area contributed by atoms with Gasteiger partial charge >= 0.3 is 5.97 Å². The van der Waals surface area contributed by atoms with Gasteiger partial charge in [0.05, 0.1) is 0 Å². The average Bonchev–Trinajstić information content (AvgIpc) is 2.92. The molecule has 1 aromatic carbocycles. The zero-order valence-corrected chi connectivity index (χ0v) is 24.2. The Morgan fingerprint density at radius 1 is 1.05 bits per heavy atom. The molecule has 2 aliphatic heterocycles. The topological polar surface area (TPSA) is 130 Å². The molecule has 0 saturated carbocycles. The number of hydrazine groups is 1. The number of nitrogens with one attached hydrogen (secondary N) is 3. The minimum Gasteiger partial charge on any atom is -0.457 e. The number of fused-ring (bicyclic) bond motifs is 4. The molecule has 5 bridgehead atoms. The third kappa shape index (κ3) is 6.60. The summed E-state index contributed by atoms with van der Waals surface area (Å²) in [6.07, 6.45) is 3.54. The highest BCUT2D eigenvalue weighted by Crippen LogP contribution is 2.27. The highest BCUT2D eigenvalue weighted by molar-refractivity contribution is 5.93. The smallest absolute Gasteiger partial charge is 0.325 e. The Morgan fingerprint density at radius 3 is 2.52 bits per heavy atom. The molecule has 10 heteroatoms. The number of amides is 3. The van der Waals surface area contributed by atoms with Crippen LogP contribution >= 0.6 is 0 Å². The average molecular weight is 552 g/mol. The van der Waals surface area contributed by atoms with E-state index in [0.717, 1.165) is 22.0 Å². The van der Waals surface area contributed by atoms with Crippen LogP contribution in [0.1, 0.15) is 78.2 Å². The van der Waals surface area contributed by atoms with Gasteiger partial charge in [-0.2, -0.15) is 0 Å². The van der Waals surface area contributed by atoms with Crippen molar-refractivity contribution in [2.24, 2.45) is 11.3 Å². The Bertz CT molecular complexity index is 1290. The SMILES string of the molecule is CC(C)[C@@H]1NC(=O)C(C)(C)CCc2cc3cc(ccc3cn2)[C@@H](C)OC(=O)[C@@H]2CCCN(N2)C(=O)[C@H](C)NC1=O. The van der Waals surface area contributed by atoms with E-state index in [1.165, 1.54) is 5.01 Å². The van der Waals surface area contributed by atoms with Crippen LogP contribution in [0, 0.1) is 11.3 Å². The molecule has 40 heavy (non-hydrogen) atoms. The summed E-state index contributed by atoms with van der Waals surface area (Å²) in [6.45, 7) is 11.2. The molecule has 4 rings (SSSR count). The maximum atomic E-state index is 13.3. The number of carbonyl (C=O) groups excluding carboxylic acids is 4. The molecule has 0 unspecified atom stereocenters. The second-order valence-electron chi connectivity index (χ2n) is 12.0. The highest BCUT2D eigenvalue weighted by Gasteiger charge is 2.36. The zero-order chi connectivity index (χ0) is 29.2. The molecule has 0 spiro atoms. The van der Waals surface area contributed by atoms with Gasteiger partial charge in [0, 0.05) is 29.2 Å². The maximum Gasteiger partial charge on any atom is 0.325 e. The van der Waals surface area contributed by atoms with E-state index >= 15 is 0 Å². The number of cyclic esters (lactones) is 1. The number of aromatic nitrogens is 1. The van der Waals surface area contributed by atoms with Gasteiger partial charge in [0.1, 0.15) is 24.2 Å². The van der Waals surface area contributed by atoms with Gasteiger partial charge < -0.3 is 15.4 Å². The molecule has 3 heterocycles. The van der Waals surface area contributed by atoms with E-state index in [9.17, 15) is 19.2 Å². The molecule has 216 valence electrons. The first-order valence-electron chi connectivity index (χ1n) is 14.1. The molecule has 3 N–H and O–H groups in total. The molecule has 10 nitrogen and oxygen atoms in total. The van der Waals surface area contributed by atoms with E-state index in [1.54, 1.807) is 6.92 Å². The molecule has 1 aromatic heterocycles. The summed E-state index contributed by atoms with van der Waals surface area (Å²) in [4.78, 5) is 57.4. The van der Waals surface area contributed by atoms with Crippen molar-refractivity contribution in [3.05, 3.63) is 41.7 Å². The molecule has 2 aromatic rings. The predicted molar refractivity (Wildman–Crippen MR) is 151 cm³/mol. The fourth-order valence-electron chi connectivity index (χ4n) is 5.06. The standard InChI is InChI=1S/C30H41N5O5/c1-17(2)25-26(36)32-18(3)27(37)35-13-7-8-24(34-35)28(38)40-19(4)20-9-10-21-16-31-23(15-22(21)14-20)11-12-30(5,6)29(39)33-25/h9-10,14-19,24-25,34H,7-8,11-13H2,1-6H3,(H,32,36)(H,33,39)/t18-,19+,24-,25-/m0/s1. The summed E-state index contributed by atoms with van der Waals surface area (Å²) >= 11 is 0. The van der Waals surface area contributed by atoms with E-state index in [2.05, 4.69) is 21.0 Å². The number of hydrogen-bond donors (Lipinski definition) is 3. The number of rotatable bonds is 1. The first-order chi connectivity index (χ1) is 18.9. The van der Waals surface area contributed by atoms with Gasteiger partial charge in [-0.05, 0) is 68.5 Å². The normalized spacial score (nSPS) is 26.8. The van der Waals surface area contributed by atoms with Crippen molar-refractivity contribution < 1.29 is 23.9 Å². The summed E-state index contributed by atoms with van der Waals surface area (Å²) < 4.78 is 5.81. The van der Waals surface area contributed by atoms with Crippen LogP contribution < -0.4 is 16.1 Å². The third-order valence-corrected chi connectivity index (χ3v) is 7.89. The monoisotopic (exact) mass is 551 g/mol. The second-order valence-corrected chi connectivity index (χ2v) is 12.0. The van der Waals surface area contributed by atoms with Gasteiger partial charge in [0.2, 0.25) is 11.8 Å². The van der Waals surface area contributed by atoms with E-state index < -0.39 is 41.5 Å². The van der Waals surface area contributed by atoms with Crippen molar-refractivity contribution in [2.45, 2.75) is 91.5 Å². The van der Waals surface area contributed by atoms with Crippen molar-refractivity contribution in [1.29, 1.82) is 0 Å². The summed E-state index contributed by atoms with van der Waals surface area (Å²) in [5, 5.41) is 8.98. The predicted octanol–water partition coefficient (Wildman–Crippen LogP) is 2.95. The van der Waals surface area contributed by atoms with Gasteiger partial charge in [-0.1, -0.05) is 39.8 Å². The largest absolute Gasteiger partial charge is 0.457 e. The van der Waals surface area contributed by atoms with Crippen LogP contribution in [0.25, 0.3) is 10.8 Å². The molecule has 4 atom stereocenters. The molecule has 0 aliphatic carbocycles. The van der Waals surface area contributed by atoms with Gasteiger partial charge in [-0.15, -0.1) is 0 Å². The Hall–Kier alpha value is -3.53. The zero-order valence-electron chi connectivity index (χ0n) is 24.2. The van der Waals surface area contributed by atoms with Crippen LogP contribution in [-0.4, -0.2) is 58.4 Å². The number of hydrogen-bond acceptors (Lipinski definition) is 7. The van der Waals surface area contributed by atoms with Gasteiger partial charge in [-0.3, -0.25) is 29.2 Å². The van der Waals surface area contributed by atoms with Crippen molar-refractivity contribution in [3.63, 3.8) is 0 Å². The number of esters is 1. The number of pyridine rings is 1. The molecule has 0 radical (unpaired) electrons. The Morgan fingerprint density at radius 2 is 1.80 bits per heavy atom. The Labute approximate surface area is 235 Å². The molecule has 1 saturated heterocycles. The lowest BCUT2D eigenvalue weighted by Gasteiger charge is -2.35. The number of ether oxygens (including phenoxy) is 1. The van der Waals surface area contributed by atoms with Crippen molar-refractivity contribution in [2.75, 3.05) is 6.54 Å². The molecular weight excluding hydrogens is 510 g/mol. The van der Waals surface area contributed by atoms with Crippen molar-refractivity contribution in [3.8, 4) is 0 Å². The fourth-order valence-corrected chi connectivity index (χ4v) is 5.06. The van der Waals surface area contributed by atoms with Crippen LogP contribution in [0.3, 0.4) is 0 Å². The van der Waals surface area contributed by atoms with Crippen molar-refractivity contribution in [1.82, 2.24) is 26.1 Å². The van der Waals surface area contributed by atoms with E-state index in [0.29, 0.717) is 32.2 Å². The first kappa shape index (κ1) is 29.5. The molecular formula is C30H41N5O5. The minimum atomic E-state index is -0.863. The molecule has 1 fully saturated rings. The van der Waals surface area contributed by atoms with Crippen LogP contribution in [0.5, 0.6) is 0 Å². The van der Waals surface area contributed by atoms with Crippen LogP contribution in [0.2, 0.25) is 0 Å². The summed E-state index contributed by atoms with van der Waals surface area (Å²) in [5.41, 5.74) is 3.93. The summed E-state index contributed by atoms with van der Waals surface area (Å²) in [5.74, 6) is -1.67. The van der Waals surface area contributed by atoms with Gasteiger partial charge in [-0.25, -0.2) is 5.43 Å². The van der Waals surface area contributed by atoms with Crippen LogP contribution in [0.15, 0.2) is 30.5 Å². The number of benzene rings is 1. The Kier molecular flexibility index (Phi) is 8.77. The number of aryl methyl sites for hydroxylation is 1. The number of nitrogens with zero attached hydrogens (tertiary/aromatic N) is 2. The van der Waals surface area contributed by atoms with Crippen LogP contribution in [0.4, 0.5) is 0 Å². The van der Waals surface area contributed by atoms with Gasteiger partial charge in [0.15, 0.2) is 0 Å². The highest BCUT2D eigenvalue weighted by atomic mass is 16.5. The summed E-state index contributed by atoms with van der Waals surface area (Å²) in [7, 11) is 0. The lowest BCUT2D eigenvalue weighted by atomic mass is 9.85. The van der Waals surface area contributed by atoms with E-state index in [4.69, 9.17) is 4.74 Å². The molecule has 3 amide bonds. The van der Waals surface area contributed by atoms with Crippen molar-refractivity contribution >= 4 is 34.5 Å². The fraction of sp³-hybridized carbons (Fsp3) is 0.567. The van der Waals surface area contributed by atoms with E-state index in [1.807, 2.05) is 65.1 Å². The maximum absolute atomic E-state index is 13.3. The Balaban J connectivity index is 1.66. The first-order valence-corrected chi connectivity index (χ1v) is 14.1. The van der Waals surface area contributed by atoms with Gasteiger partial charge in [0.25, 0.3) is 5.91 Å². The lowest BCUT2D eigenvalue weighted by Crippen LogP contribution is -2.61. The lowest BCUT2D eigenvalue weighted by molar-refractivity contribution is -0.157.